The fourth-order valence-electron chi connectivity index (χ4n) is 4.92. The molecule has 0 saturated carbocycles. The number of carbonyl (C=O) groups is 3. The van der Waals surface area contributed by atoms with Crippen molar-refractivity contribution in [2.45, 2.75) is 57.5 Å². The number of piperidine rings is 1. The molecule has 0 aromatic heterocycles. The minimum Gasteiger partial charge on any atom is -0.473 e. The number of alkyl halides is 3. The SMILES string of the molecule is COC[C@]1(C)Oc2cc(C(F)(F)F)c(C(=O)N(C(C)C)[C@@H]3CCCNC3)cc2N(CCNC(=O)OC)C1=O.Cl. The smallest absolute Gasteiger partial charge is 0.417 e. The molecule has 2 aliphatic rings. The number of ether oxygens (including phenoxy) is 3. The third kappa shape index (κ3) is 7.06. The van der Waals surface area contributed by atoms with Gasteiger partial charge in [-0.25, -0.2) is 4.79 Å². The van der Waals surface area contributed by atoms with Crippen molar-refractivity contribution in [3.05, 3.63) is 23.3 Å². The number of hydrogen-bond donors (Lipinski definition) is 2. The van der Waals surface area contributed by atoms with Gasteiger partial charge in [0, 0.05) is 38.8 Å². The second-order valence-corrected chi connectivity index (χ2v) is 9.81. The van der Waals surface area contributed by atoms with Crippen LogP contribution in [0.15, 0.2) is 12.1 Å². The van der Waals surface area contributed by atoms with Crippen LogP contribution in [0, 0.1) is 0 Å². The summed E-state index contributed by atoms with van der Waals surface area (Å²) in [5.74, 6) is -1.59. The molecule has 0 radical (unpaired) electrons. The Morgan fingerprint density at radius 3 is 2.54 bits per heavy atom. The van der Waals surface area contributed by atoms with E-state index >= 15 is 0 Å². The molecule has 0 aliphatic carbocycles. The van der Waals surface area contributed by atoms with Crippen molar-refractivity contribution in [1.29, 1.82) is 0 Å². The van der Waals surface area contributed by atoms with Crippen LogP contribution in [0.1, 0.15) is 49.5 Å². The molecule has 1 aromatic rings. The predicted octanol–water partition coefficient (Wildman–Crippen LogP) is 3.22. The van der Waals surface area contributed by atoms with Crippen LogP contribution in [-0.4, -0.2) is 87.5 Å². The van der Waals surface area contributed by atoms with Crippen LogP contribution in [0.4, 0.5) is 23.7 Å². The van der Waals surface area contributed by atoms with Gasteiger partial charge in [0.25, 0.3) is 11.8 Å². The van der Waals surface area contributed by atoms with Crippen molar-refractivity contribution >= 4 is 36.0 Å². The fraction of sp³-hybridized carbons (Fsp3) is 0.640. The van der Waals surface area contributed by atoms with Gasteiger partial charge in [-0.1, -0.05) is 0 Å². The van der Waals surface area contributed by atoms with Gasteiger partial charge in [0.05, 0.1) is 30.5 Å². The average molecular weight is 581 g/mol. The third-order valence-electron chi connectivity index (χ3n) is 6.62. The van der Waals surface area contributed by atoms with E-state index in [1.54, 1.807) is 13.8 Å². The van der Waals surface area contributed by atoms with Crippen LogP contribution in [0.2, 0.25) is 0 Å². The molecule has 10 nitrogen and oxygen atoms in total. The lowest BCUT2D eigenvalue weighted by atomic mass is 9.96. The number of halogens is 4. The van der Waals surface area contributed by atoms with Crippen LogP contribution in [0.3, 0.4) is 0 Å². The van der Waals surface area contributed by atoms with E-state index in [-0.39, 0.29) is 55.6 Å². The van der Waals surface area contributed by atoms with Crippen molar-refractivity contribution in [3.63, 3.8) is 0 Å². The lowest BCUT2D eigenvalue weighted by Gasteiger charge is -2.41. The maximum absolute atomic E-state index is 14.3. The summed E-state index contributed by atoms with van der Waals surface area (Å²) < 4.78 is 58.4. The average Bonchev–Trinajstić information content (AvgIpc) is 2.85. The number of carbonyl (C=O) groups excluding carboxylic acids is 3. The Bertz CT molecular complexity index is 1050. The number of alkyl carbamates (subject to hydrolysis) is 1. The molecular weight excluding hydrogens is 545 g/mol. The Hall–Kier alpha value is -2.77. The van der Waals surface area contributed by atoms with E-state index in [2.05, 4.69) is 15.4 Å². The Kier molecular flexibility index (Phi) is 10.9. The number of nitrogens with one attached hydrogen (secondary N) is 2. The lowest BCUT2D eigenvalue weighted by Crippen LogP contribution is -2.58. The van der Waals surface area contributed by atoms with Gasteiger partial charge in [-0.15, -0.1) is 12.4 Å². The maximum atomic E-state index is 14.3. The molecule has 2 N–H and O–H groups in total. The van der Waals surface area contributed by atoms with Crippen LogP contribution in [0.25, 0.3) is 0 Å². The molecule has 2 heterocycles. The van der Waals surface area contributed by atoms with Gasteiger partial charge in [0.1, 0.15) is 5.75 Å². The van der Waals surface area contributed by atoms with E-state index in [1.165, 1.54) is 30.9 Å². The summed E-state index contributed by atoms with van der Waals surface area (Å²) in [7, 11) is 2.52. The molecule has 2 aliphatic heterocycles. The van der Waals surface area contributed by atoms with Crippen molar-refractivity contribution in [2.75, 3.05) is 51.9 Å². The highest BCUT2D eigenvalue weighted by Crippen LogP contribution is 2.44. The Balaban J connectivity index is 0.00000533. The summed E-state index contributed by atoms with van der Waals surface area (Å²) in [5, 5.41) is 5.65. The molecule has 0 spiro atoms. The first-order chi connectivity index (χ1) is 17.8. The number of methoxy groups -OCH3 is 2. The van der Waals surface area contributed by atoms with E-state index in [9.17, 15) is 27.6 Å². The van der Waals surface area contributed by atoms with Gasteiger partial charge >= 0.3 is 12.3 Å². The normalized spacial score (nSPS) is 21.0. The molecule has 3 rings (SSSR count). The van der Waals surface area contributed by atoms with Crippen molar-refractivity contribution in [2.24, 2.45) is 0 Å². The summed E-state index contributed by atoms with van der Waals surface area (Å²) in [6.07, 6.45) is -4.15. The summed E-state index contributed by atoms with van der Waals surface area (Å²) in [5.41, 5.74) is -3.36. The first kappa shape index (κ1) is 32.4. The van der Waals surface area contributed by atoms with E-state index in [0.29, 0.717) is 13.0 Å². The standard InChI is InChI=1S/C25H35F3N4O6.ClH/c1-15(2)32(16-7-6-8-29-13-16)21(33)17-11-19-20(12-18(17)25(26,27)28)38-24(3,14-36-4)22(34)31(19)10-9-30-23(35)37-5;/h11-12,15-16,29H,6-10,13-14H2,1-5H3,(H,30,35);1H/t16-,24+;/m1./s1. The lowest BCUT2D eigenvalue weighted by molar-refractivity contribution is -0.139. The molecule has 14 heteroatoms. The molecule has 220 valence electrons. The zero-order chi connectivity index (χ0) is 28.3. The molecule has 1 saturated heterocycles. The number of hydrogen-bond acceptors (Lipinski definition) is 7. The Labute approximate surface area is 231 Å². The van der Waals surface area contributed by atoms with Crippen LogP contribution >= 0.6 is 12.4 Å². The monoisotopic (exact) mass is 580 g/mol. The molecule has 0 bridgehead atoms. The fourth-order valence-corrected chi connectivity index (χ4v) is 4.92. The van der Waals surface area contributed by atoms with E-state index < -0.39 is 40.8 Å². The minimum absolute atomic E-state index is 0. The predicted molar refractivity (Wildman–Crippen MR) is 140 cm³/mol. The Morgan fingerprint density at radius 2 is 2.00 bits per heavy atom. The molecule has 1 fully saturated rings. The number of benzene rings is 1. The summed E-state index contributed by atoms with van der Waals surface area (Å²) in [6.45, 7) is 5.77. The number of rotatable bonds is 8. The zero-order valence-electron chi connectivity index (χ0n) is 22.6. The molecule has 39 heavy (non-hydrogen) atoms. The van der Waals surface area contributed by atoms with E-state index in [0.717, 1.165) is 25.1 Å². The van der Waals surface area contributed by atoms with Crippen molar-refractivity contribution < 1.29 is 41.8 Å². The van der Waals surface area contributed by atoms with E-state index in [4.69, 9.17) is 9.47 Å². The first-order valence-electron chi connectivity index (χ1n) is 12.4. The van der Waals surface area contributed by atoms with E-state index in [1.807, 2.05) is 0 Å². The van der Waals surface area contributed by atoms with Gasteiger partial charge in [-0.05, 0) is 52.3 Å². The number of nitrogens with zero attached hydrogens (tertiary/aromatic N) is 2. The number of anilines is 1. The van der Waals surface area contributed by atoms with Gasteiger partial charge < -0.3 is 34.6 Å². The largest absolute Gasteiger partial charge is 0.473 e. The second kappa shape index (κ2) is 13.1. The van der Waals surface area contributed by atoms with Crippen molar-refractivity contribution in [3.8, 4) is 5.75 Å². The quantitative estimate of drug-likeness (QED) is 0.486. The highest BCUT2D eigenvalue weighted by Gasteiger charge is 2.47. The summed E-state index contributed by atoms with van der Waals surface area (Å²) in [4.78, 5) is 41.4. The highest BCUT2D eigenvalue weighted by atomic mass is 35.5. The minimum atomic E-state index is -4.87. The summed E-state index contributed by atoms with van der Waals surface area (Å²) >= 11 is 0. The second-order valence-electron chi connectivity index (χ2n) is 9.81. The van der Waals surface area contributed by atoms with Crippen LogP contribution in [0.5, 0.6) is 5.75 Å². The maximum Gasteiger partial charge on any atom is 0.417 e. The zero-order valence-corrected chi connectivity index (χ0v) is 23.5. The molecule has 3 amide bonds. The molecular formula is C25H36ClF3N4O6. The van der Waals surface area contributed by atoms with Gasteiger partial charge in [0.2, 0.25) is 5.60 Å². The molecule has 0 unspecified atom stereocenters. The third-order valence-corrected chi connectivity index (χ3v) is 6.62. The topological polar surface area (TPSA) is 109 Å². The van der Waals surface area contributed by atoms with Crippen LogP contribution < -0.4 is 20.3 Å². The van der Waals surface area contributed by atoms with Gasteiger partial charge in [0.15, 0.2) is 0 Å². The number of fused-ring (bicyclic) bond motifs is 1. The van der Waals surface area contributed by atoms with Crippen LogP contribution in [-0.2, 0) is 20.4 Å². The summed E-state index contributed by atoms with van der Waals surface area (Å²) in [6, 6.07) is 1.18. The van der Waals surface area contributed by atoms with Gasteiger partial charge in [-0.2, -0.15) is 13.2 Å². The first-order valence-corrected chi connectivity index (χ1v) is 12.4. The Morgan fingerprint density at radius 1 is 1.31 bits per heavy atom. The van der Waals surface area contributed by atoms with Gasteiger partial charge in [-0.3, -0.25) is 9.59 Å². The molecule has 2 atom stereocenters. The van der Waals surface area contributed by atoms with Crippen molar-refractivity contribution in [1.82, 2.24) is 15.5 Å². The highest BCUT2D eigenvalue weighted by molar-refractivity contribution is 6.05. The molecule has 1 aromatic carbocycles. The number of amides is 3.